The monoisotopic (exact) mass is 428 g/mol. The third-order valence-corrected chi connectivity index (χ3v) is 5.74. The van der Waals surface area contributed by atoms with E-state index in [-0.39, 0.29) is 24.3 Å². The van der Waals surface area contributed by atoms with Crippen molar-refractivity contribution in [2.24, 2.45) is 10.7 Å². The smallest absolute Gasteiger partial charge is 0.373 e. The Balaban J connectivity index is 1.93. The van der Waals surface area contributed by atoms with Gasteiger partial charge in [0.05, 0.1) is 25.9 Å². The molecule has 0 unspecified atom stereocenters. The molecule has 5 N–H and O–H groups in total. The van der Waals surface area contributed by atoms with E-state index in [1.807, 2.05) is 0 Å². The number of hydrogen-bond donors (Lipinski definition) is 4. The maximum absolute atomic E-state index is 14.2. The van der Waals surface area contributed by atoms with Crippen LogP contribution in [-0.4, -0.2) is 61.7 Å². The Morgan fingerprint density at radius 2 is 2.23 bits per heavy atom. The SMILES string of the molecule is C[NH+]=C(OC)C1=C(N)CN(C)C(=O)c2ccc(F)cc2[C@H]2CCCN2C2=CNNC1=N2. The van der Waals surface area contributed by atoms with Crippen molar-refractivity contribution in [3.8, 4) is 0 Å². The molecule has 1 aromatic rings. The summed E-state index contributed by atoms with van der Waals surface area (Å²) >= 11 is 0. The van der Waals surface area contributed by atoms with Gasteiger partial charge in [0.25, 0.3) is 5.91 Å². The van der Waals surface area contributed by atoms with Crippen LogP contribution in [0.15, 0.2) is 46.5 Å². The van der Waals surface area contributed by atoms with Crippen LogP contribution in [0.5, 0.6) is 0 Å². The zero-order valence-electron chi connectivity index (χ0n) is 17.8. The summed E-state index contributed by atoms with van der Waals surface area (Å²) in [6, 6.07) is 4.16. The van der Waals surface area contributed by atoms with E-state index < -0.39 is 0 Å². The highest BCUT2D eigenvalue weighted by atomic mass is 19.1. The summed E-state index contributed by atoms with van der Waals surface area (Å²) in [7, 11) is 4.93. The number of carbonyl (C=O) groups is 1. The third-order valence-electron chi connectivity index (χ3n) is 5.74. The van der Waals surface area contributed by atoms with Gasteiger partial charge in [0.15, 0.2) is 11.4 Å². The predicted molar refractivity (Wildman–Crippen MR) is 114 cm³/mol. The van der Waals surface area contributed by atoms with Crippen molar-refractivity contribution in [3.63, 3.8) is 0 Å². The van der Waals surface area contributed by atoms with Crippen molar-refractivity contribution in [3.05, 3.63) is 58.4 Å². The first-order valence-electron chi connectivity index (χ1n) is 10.1. The van der Waals surface area contributed by atoms with Gasteiger partial charge in [-0.1, -0.05) is 0 Å². The molecule has 31 heavy (non-hydrogen) atoms. The van der Waals surface area contributed by atoms with Gasteiger partial charge in [0, 0.05) is 24.9 Å². The Labute approximate surface area is 180 Å². The largest absolute Gasteiger partial charge is 0.447 e. The maximum atomic E-state index is 14.2. The van der Waals surface area contributed by atoms with Gasteiger partial charge in [0.2, 0.25) is 0 Å². The van der Waals surface area contributed by atoms with Crippen molar-refractivity contribution in [2.45, 2.75) is 18.9 Å². The normalized spacial score (nSPS) is 21.7. The van der Waals surface area contributed by atoms with Crippen molar-refractivity contribution in [1.29, 1.82) is 0 Å². The lowest BCUT2D eigenvalue weighted by Crippen LogP contribution is -2.70. The van der Waals surface area contributed by atoms with E-state index in [2.05, 4.69) is 20.7 Å². The Kier molecular flexibility index (Phi) is 5.53. The molecule has 3 aliphatic rings. The molecule has 10 heteroatoms. The fourth-order valence-corrected chi connectivity index (χ4v) is 4.32. The molecule has 1 aromatic carbocycles. The molecular weight excluding hydrogens is 401 g/mol. The molecule has 2 bridgehead atoms. The molecule has 0 spiro atoms. The van der Waals surface area contributed by atoms with Crippen LogP contribution in [0.1, 0.15) is 34.8 Å². The lowest BCUT2D eigenvalue weighted by atomic mass is 9.97. The summed E-state index contributed by atoms with van der Waals surface area (Å²) in [5.41, 5.74) is 14.5. The van der Waals surface area contributed by atoms with E-state index in [1.165, 1.54) is 24.1 Å². The van der Waals surface area contributed by atoms with Crippen LogP contribution in [0.2, 0.25) is 0 Å². The highest BCUT2D eigenvalue weighted by Crippen LogP contribution is 2.38. The molecule has 1 fully saturated rings. The number of likely N-dealkylation sites (N-methyl/N-ethyl adjacent to an activating group) is 1. The fraction of sp³-hybridized carbons (Fsp3) is 0.381. The lowest BCUT2D eigenvalue weighted by Gasteiger charge is -2.32. The minimum absolute atomic E-state index is 0.133. The van der Waals surface area contributed by atoms with Crippen molar-refractivity contribution < 1.29 is 18.9 Å². The predicted octanol–water partition coefficient (Wildman–Crippen LogP) is -0.678. The molecule has 164 valence electrons. The van der Waals surface area contributed by atoms with Crippen molar-refractivity contribution >= 4 is 17.6 Å². The number of nitrogens with one attached hydrogen (secondary N) is 3. The highest BCUT2D eigenvalue weighted by Gasteiger charge is 2.35. The van der Waals surface area contributed by atoms with Crippen LogP contribution in [0.25, 0.3) is 0 Å². The second-order valence-electron chi connectivity index (χ2n) is 7.66. The second-order valence-corrected chi connectivity index (χ2v) is 7.66. The van der Waals surface area contributed by atoms with Crippen LogP contribution >= 0.6 is 0 Å². The third kappa shape index (κ3) is 3.69. The molecule has 3 aliphatic heterocycles. The zero-order valence-corrected chi connectivity index (χ0v) is 17.8. The van der Waals surface area contributed by atoms with Gasteiger partial charge in [-0.25, -0.2) is 14.4 Å². The first kappa shape index (κ1) is 20.7. The minimum atomic E-state index is -0.371. The molecule has 0 aromatic heterocycles. The Morgan fingerprint density at radius 3 is 2.97 bits per heavy atom. The quantitative estimate of drug-likeness (QED) is 0.349. The van der Waals surface area contributed by atoms with E-state index in [4.69, 9.17) is 15.5 Å². The Morgan fingerprint density at radius 1 is 1.42 bits per heavy atom. The van der Waals surface area contributed by atoms with E-state index in [1.54, 1.807) is 26.4 Å². The van der Waals surface area contributed by atoms with Gasteiger partial charge in [-0.15, -0.1) is 0 Å². The van der Waals surface area contributed by atoms with Gasteiger partial charge in [0.1, 0.15) is 18.7 Å². The van der Waals surface area contributed by atoms with E-state index in [0.717, 1.165) is 19.4 Å². The molecule has 0 aliphatic carbocycles. The number of amidine groups is 1. The summed E-state index contributed by atoms with van der Waals surface area (Å²) in [6.45, 7) is 0.865. The number of rotatable bonds is 1. The summed E-state index contributed by atoms with van der Waals surface area (Å²) in [5, 5.41) is 0. The number of hydrazine groups is 1. The van der Waals surface area contributed by atoms with Crippen LogP contribution in [-0.2, 0) is 4.74 Å². The van der Waals surface area contributed by atoms with Gasteiger partial charge in [-0.05, 0) is 36.6 Å². The van der Waals surface area contributed by atoms with Crippen LogP contribution in [0.4, 0.5) is 4.39 Å². The number of aliphatic imine (C=N–C) groups is 1. The summed E-state index contributed by atoms with van der Waals surface area (Å²) in [5.74, 6) is 0.965. The molecule has 0 saturated carbocycles. The maximum Gasteiger partial charge on any atom is 0.373 e. The number of nitrogens with zero attached hydrogens (tertiary/aromatic N) is 3. The molecule has 0 radical (unpaired) electrons. The topological polar surface area (TPSA) is 109 Å². The Bertz CT molecular complexity index is 1030. The molecule has 9 nitrogen and oxygen atoms in total. The summed E-state index contributed by atoms with van der Waals surface area (Å²) in [4.78, 5) is 24.7. The minimum Gasteiger partial charge on any atom is -0.447 e. The van der Waals surface area contributed by atoms with Crippen molar-refractivity contribution in [1.82, 2.24) is 20.7 Å². The molecule has 3 heterocycles. The van der Waals surface area contributed by atoms with Crippen LogP contribution in [0, 0.1) is 5.82 Å². The first-order chi connectivity index (χ1) is 14.9. The lowest BCUT2D eigenvalue weighted by molar-refractivity contribution is -0.430. The average Bonchev–Trinajstić information content (AvgIpc) is 3.26. The average molecular weight is 428 g/mol. The number of benzene rings is 1. The summed E-state index contributed by atoms with van der Waals surface area (Å²) in [6.07, 6.45) is 3.44. The number of fused-ring (bicyclic) bond motifs is 5. The standard InChI is InChI=1S/C21H26FN7O2/c1-24-20(31-3)18-15(23)11-28(2)21(30)13-7-6-12(22)9-14(13)16-5-4-8-29(16)17-10-25-27-19(18)26-17/h6-7,9-10,16,25H,4-5,8,11,23H2,1-3H3,(H,26,27)/p+1/t16-/m1/s1. The van der Waals surface area contributed by atoms with Crippen LogP contribution in [0.3, 0.4) is 0 Å². The van der Waals surface area contributed by atoms with Crippen molar-refractivity contribution in [2.75, 3.05) is 34.3 Å². The summed E-state index contributed by atoms with van der Waals surface area (Å²) < 4.78 is 19.7. The van der Waals surface area contributed by atoms with Gasteiger partial charge >= 0.3 is 5.90 Å². The zero-order chi connectivity index (χ0) is 22.1. The van der Waals surface area contributed by atoms with E-state index in [9.17, 15) is 9.18 Å². The molecule has 1 amide bonds. The number of nitrogens with two attached hydrogens (primary N) is 1. The van der Waals surface area contributed by atoms with E-state index >= 15 is 0 Å². The van der Waals surface area contributed by atoms with Gasteiger partial charge < -0.3 is 25.7 Å². The van der Waals surface area contributed by atoms with E-state index in [0.29, 0.717) is 40.0 Å². The Hall–Kier alpha value is -3.56. The number of halogens is 1. The molecule has 4 rings (SSSR count). The van der Waals surface area contributed by atoms with Gasteiger partial charge in [-0.2, -0.15) is 0 Å². The molecule has 1 atom stereocenters. The van der Waals surface area contributed by atoms with Crippen LogP contribution < -0.4 is 21.6 Å². The number of amides is 1. The first-order valence-corrected chi connectivity index (χ1v) is 10.1. The number of methoxy groups -OCH3 is 1. The number of hydrogen-bond acceptors (Lipinski definition) is 7. The molecule has 1 saturated heterocycles. The van der Waals surface area contributed by atoms with Gasteiger partial charge in [-0.3, -0.25) is 10.2 Å². The number of carbonyl (C=O) groups excluding carboxylic acids is 1. The molecular formula is C21H27FN7O2+. The highest BCUT2D eigenvalue weighted by molar-refractivity contribution is 6.19. The fourth-order valence-electron chi connectivity index (χ4n) is 4.32. The number of ether oxygens (including phenoxy) is 1. The second kappa shape index (κ2) is 8.29.